The molecule has 6 N–H and O–H groups in total. The smallest absolute Gasteiger partial charge is 0.411 e. The van der Waals surface area contributed by atoms with E-state index in [0.717, 1.165) is 0 Å². The van der Waals surface area contributed by atoms with Crippen LogP contribution in [0.2, 0.25) is 19.1 Å². The van der Waals surface area contributed by atoms with Crippen LogP contribution in [0.15, 0.2) is 0 Å². The van der Waals surface area contributed by atoms with Crippen LogP contribution < -0.4 is 11.1 Å². The van der Waals surface area contributed by atoms with Gasteiger partial charge in [-0.25, -0.2) is 0 Å². The number of nitrogens with one attached hydrogen (secondary N) is 1. The minimum atomic E-state index is -3.66. The molecule has 0 aliphatic rings. The van der Waals surface area contributed by atoms with Gasteiger partial charge in [0, 0.05) is 19.1 Å². The van der Waals surface area contributed by atoms with Gasteiger partial charge in [0.05, 0.1) is 0 Å². The molecular formula is C7H22N2O4Si2. The maximum Gasteiger partial charge on any atom is 0.486 e. The minimum absolute atomic E-state index is 0.196. The van der Waals surface area contributed by atoms with E-state index in [9.17, 15) is 14.4 Å². The Morgan fingerprint density at radius 2 is 1.80 bits per heavy atom. The molecule has 0 spiro atoms. The molecule has 0 heterocycles. The Balaban J connectivity index is 3.65. The van der Waals surface area contributed by atoms with E-state index in [4.69, 9.17) is 9.85 Å². The van der Waals surface area contributed by atoms with Crippen molar-refractivity contribution in [1.82, 2.24) is 5.32 Å². The van der Waals surface area contributed by atoms with Crippen molar-refractivity contribution in [2.45, 2.75) is 25.6 Å². The van der Waals surface area contributed by atoms with Gasteiger partial charge in [-0.2, -0.15) is 0 Å². The first-order valence-corrected chi connectivity index (χ1v) is 9.91. The third kappa shape index (κ3) is 10.5. The normalized spacial score (nSPS) is 13.2. The molecule has 6 nitrogen and oxygen atoms in total. The third-order valence-electron chi connectivity index (χ3n) is 1.59. The SMILES string of the molecule is C[Si](C)(O)O[Si](O)(O)CCCNCCN. The summed E-state index contributed by atoms with van der Waals surface area (Å²) in [4.78, 5) is 28.4. The number of hydrogen-bond donors (Lipinski definition) is 5. The summed E-state index contributed by atoms with van der Waals surface area (Å²) in [5.74, 6) is 0. The van der Waals surface area contributed by atoms with E-state index in [1.807, 2.05) is 0 Å². The molecule has 0 aromatic rings. The number of rotatable bonds is 8. The largest absolute Gasteiger partial charge is 0.486 e. The molecule has 0 aliphatic heterocycles. The van der Waals surface area contributed by atoms with Crippen molar-refractivity contribution in [2.75, 3.05) is 19.6 Å². The lowest BCUT2D eigenvalue weighted by atomic mass is 10.5. The fourth-order valence-electron chi connectivity index (χ4n) is 1.12. The van der Waals surface area contributed by atoms with Crippen LogP contribution in [0.1, 0.15) is 6.42 Å². The summed E-state index contributed by atoms with van der Waals surface area (Å²) in [7, 11) is -6.51. The van der Waals surface area contributed by atoms with Crippen LogP contribution in [0.25, 0.3) is 0 Å². The average Bonchev–Trinajstić information content (AvgIpc) is 1.99. The summed E-state index contributed by atoms with van der Waals surface area (Å²) in [6.07, 6.45) is 0.601. The first-order chi connectivity index (χ1) is 6.77. The van der Waals surface area contributed by atoms with E-state index < -0.39 is 17.4 Å². The summed E-state index contributed by atoms with van der Waals surface area (Å²) < 4.78 is 4.92. The van der Waals surface area contributed by atoms with Crippen molar-refractivity contribution in [3.63, 3.8) is 0 Å². The second-order valence-corrected chi connectivity index (χ2v) is 9.63. The Labute approximate surface area is 92.7 Å². The fourth-order valence-corrected chi connectivity index (χ4v) is 5.37. The van der Waals surface area contributed by atoms with Crippen LogP contribution in [0.3, 0.4) is 0 Å². The van der Waals surface area contributed by atoms with E-state index in [1.54, 1.807) is 0 Å². The number of nitrogens with two attached hydrogens (primary N) is 1. The topological polar surface area (TPSA) is 108 Å². The van der Waals surface area contributed by atoms with Crippen molar-refractivity contribution in [1.29, 1.82) is 0 Å². The predicted octanol–water partition coefficient (Wildman–Crippen LogP) is -1.44. The van der Waals surface area contributed by atoms with Gasteiger partial charge in [-0.15, -0.1) is 0 Å². The zero-order chi connectivity index (χ0) is 11.9. The zero-order valence-electron chi connectivity index (χ0n) is 9.36. The van der Waals surface area contributed by atoms with E-state index in [-0.39, 0.29) is 6.04 Å². The Hall–Kier alpha value is 0.194. The highest BCUT2D eigenvalue weighted by molar-refractivity contribution is 6.75. The highest BCUT2D eigenvalue weighted by Crippen LogP contribution is 2.12. The summed E-state index contributed by atoms with van der Waals surface area (Å²) in [6.45, 7) is 4.96. The molecule has 8 heteroatoms. The van der Waals surface area contributed by atoms with Gasteiger partial charge in [0.1, 0.15) is 0 Å². The van der Waals surface area contributed by atoms with E-state index >= 15 is 0 Å². The molecule has 0 aromatic heterocycles. The molecule has 0 aromatic carbocycles. The highest BCUT2D eigenvalue weighted by Gasteiger charge is 2.38. The van der Waals surface area contributed by atoms with Crippen LogP contribution in [-0.2, 0) is 4.12 Å². The van der Waals surface area contributed by atoms with Crippen molar-refractivity contribution < 1.29 is 18.5 Å². The predicted molar refractivity (Wildman–Crippen MR) is 62.3 cm³/mol. The Morgan fingerprint density at radius 1 is 1.20 bits per heavy atom. The van der Waals surface area contributed by atoms with Gasteiger partial charge in [-0.05, 0) is 26.1 Å². The molecule has 15 heavy (non-hydrogen) atoms. The maximum absolute atomic E-state index is 9.50. The van der Waals surface area contributed by atoms with Crippen LogP contribution in [0.4, 0.5) is 0 Å². The van der Waals surface area contributed by atoms with Crippen LogP contribution in [0.5, 0.6) is 0 Å². The molecule has 0 rings (SSSR count). The molecule has 0 saturated carbocycles. The van der Waals surface area contributed by atoms with Gasteiger partial charge in [-0.3, -0.25) is 0 Å². The lowest BCUT2D eigenvalue weighted by Gasteiger charge is -2.24. The zero-order valence-corrected chi connectivity index (χ0v) is 11.4. The van der Waals surface area contributed by atoms with Gasteiger partial charge in [-0.1, -0.05) is 0 Å². The number of hydrogen-bond acceptors (Lipinski definition) is 6. The molecule has 0 radical (unpaired) electrons. The quantitative estimate of drug-likeness (QED) is 0.268. The highest BCUT2D eigenvalue weighted by atomic mass is 28.5. The van der Waals surface area contributed by atoms with Crippen LogP contribution >= 0.6 is 0 Å². The van der Waals surface area contributed by atoms with Gasteiger partial charge < -0.3 is 29.6 Å². The lowest BCUT2D eigenvalue weighted by molar-refractivity contribution is 0.209. The average molecular weight is 254 g/mol. The molecule has 0 bridgehead atoms. The van der Waals surface area contributed by atoms with Crippen molar-refractivity contribution in [3.8, 4) is 0 Å². The van der Waals surface area contributed by atoms with Gasteiger partial charge in [0.15, 0.2) is 0 Å². The van der Waals surface area contributed by atoms with E-state index in [0.29, 0.717) is 26.1 Å². The summed E-state index contributed by atoms with van der Waals surface area (Å²) >= 11 is 0. The second kappa shape index (κ2) is 6.71. The summed E-state index contributed by atoms with van der Waals surface area (Å²) in [5.41, 5.74) is 5.28. The lowest BCUT2D eigenvalue weighted by Crippen LogP contribution is -2.49. The molecule has 0 aliphatic carbocycles. The minimum Gasteiger partial charge on any atom is -0.411 e. The van der Waals surface area contributed by atoms with Crippen LogP contribution in [-0.4, -0.2) is 51.4 Å². The maximum atomic E-state index is 9.50. The molecule has 0 saturated heterocycles. The third-order valence-corrected chi connectivity index (χ3v) is 5.90. The van der Waals surface area contributed by atoms with Gasteiger partial charge in [0.2, 0.25) is 0 Å². The summed E-state index contributed by atoms with van der Waals surface area (Å²) in [6, 6.07) is 0.196. The van der Waals surface area contributed by atoms with E-state index in [1.165, 1.54) is 13.1 Å². The molecule has 92 valence electrons. The monoisotopic (exact) mass is 254 g/mol. The molecule has 0 unspecified atom stereocenters. The van der Waals surface area contributed by atoms with Crippen molar-refractivity contribution >= 4 is 17.4 Å². The molecule has 0 fully saturated rings. The van der Waals surface area contributed by atoms with Crippen molar-refractivity contribution in [3.05, 3.63) is 0 Å². The molecule has 0 amide bonds. The van der Waals surface area contributed by atoms with Crippen molar-refractivity contribution in [2.24, 2.45) is 5.73 Å². The first-order valence-electron chi connectivity index (χ1n) is 5.05. The Morgan fingerprint density at radius 3 is 2.27 bits per heavy atom. The van der Waals surface area contributed by atoms with Gasteiger partial charge >= 0.3 is 17.4 Å². The fraction of sp³-hybridized carbons (Fsp3) is 1.00. The first kappa shape index (κ1) is 15.2. The standard InChI is InChI=1S/C7H22N2O4Si2/c1-14(2,10)13-15(11,12)7-3-5-9-6-4-8/h9-12H,3-8H2,1-2H3. The second-order valence-electron chi connectivity index (χ2n) is 3.93. The Kier molecular flexibility index (Phi) is 6.79. The Bertz CT molecular complexity index is 175. The van der Waals surface area contributed by atoms with Gasteiger partial charge in [0.25, 0.3) is 0 Å². The van der Waals surface area contributed by atoms with E-state index in [2.05, 4.69) is 5.32 Å². The molecule has 0 atom stereocenters. The van der Waals surface area contributed by atoms with Crippen LogP contribution in [0, 0.1) is 0 Å². The molecular weight excluding hydrogens is 232 g/mol. The summed E-state index contributed by atoms with van der Waals surface area (Å²) in [5, 5.41) is 3.04.